The van der Waals surface area contributed by atoms with Crippen molar-refractivity contribution in [2.24, 2.45) is 5.92 Å². The molecule has 5 nitrogen and oxygen atoms in total. The summed E-state index contributed by atoms with van der Waals surface area (Å²) in [5, 5.41) is 3.83. The lowest BCUT2D eigenvalue weighted by Crippen LogP contribution is -2.71. The number of hydrogen-bond donors (Lipinski definition) is 1. The van der Waals surface area contributed by atoms with Crippen molar-refractivity contribution in [2.45, 2.75) is 25.6 Å². The van der Waals surface area contributed by atoms with Crippen molar-refractivity contribution in [3.05, 3.63) is 42.5 Å². The van der Waals surface area contributed by atoms with Gasteiger partial charge in [0.05, 0.1) is 12.6 Å². The standard InChI is InChI=1S/C17H20N2O3S/c1-4-10-19-16(23)18-14-11-8-6-7-9-12(11)22-17(19,3)13(14)15(20)21-5-2/h4,6-9,13-14H,1,5,10H2,2-3H3,(H,18,23)/t13-,14+,17-/m0/s1. The summed E-state index contributed by atoms with van der Waals surface area (Å²) in [6.45, 7) is 8.26. The first-order valence-electron chi connectivity index (χ1n) is 7.66. The van der Waals surface area contributed by atoms with Gasteiger partial charge in [0.25, 0.3) is 0 Å². The molecule has 3 atom stereocenters. The summed E-state index contributed by atoms with van der Waals surface area (Å²) in [7, 11) is 0. The van der Waals surface area contributed by atoms with Crippen molar-refractivity contribution < 1.29 is 14.3 Å². The van der Waals surface area contributed by atoms with Gasteiger partial charge < -0.3 is 19.7 Å². The van der Waals surface area contributed by atoms with Crippen LogP contribution in [0.25, 0.3) is 0 Å². The molecule has 0 saturated carbocycles. The van der Waals surface area contributed by atoms with E-state index in [1.54, 1.807) is 13.0 Å². The predicted molar refractivity (Wildman–Crippen MR) is 91.0 cm³/mol. The summed E-state index contributed by atoms with van der Waals surface area (Å²) < 4.78 is 11.6. The fourth-order valence-corrected chi connectivity index (χ4v) is 3.76. The van der Waals surface area contributed by atoms with Gasteiger partial charge in [-0.05, 0) is 32.1 Å². The highest BCUT2D eigenvalue weighted by Crippen LogP contribution is 2.48. The number of fused-ring (bicyclic) bond motifs is 4. The maximum Gasteiger partial charge on any atom is 0.317 e. The Morgan fingerprint density at radius 3 is 3.00 bits per heavy atom. The second-order valence-corrected chi connectivity index (χ2v) is 6.14. The third-order valence-corrected chi connectivity index (χ3v) is 4.73. The fourth-order valence-electron chi connectivity index (χ4n) is 3.38. The Labute approximate surface area is 141 Å². The van der Waals surface area contributed by atoms with Gasteiger partial charge in [0.2, 0.25) is 0 Å². The SMILES string of the molecule is C=CCN1C(=S)N[C@@H]2c3ccccc3O[C@@]1(C)[C@@H]2C(=O)OCC. The number of ether oxygens (including phenoxy) is 2. The van der Waals surface area contributed by atoms with Crippen LogP contribution >= 0.6 is 12.2 Å². The summed E-state index contributed by atoms with van der Waals surface area (Å²) in [4.78, 5) is 14.5. The molecule has 1 N–H and O–H groups in total. The van der Waals surface area contributed by atoms with Crippen molar-refractivity contribution in [3.63, 3.8) is 0 Å². The van der Waals surface area contributed by atoms with E-state index in [0.29, 0.717) is 18.3 Å². The number of nitrogens with zero attached hydrogens (tertiary/aromatic N) is 1. The van der Waals surface area contributed by atoms with Gasteiger partial charge >= 0.3 is 5.97 Å². The number of nitrogens with one attached hydrogen (secondary N) is 1. The zero-order chi connectivity index (χ0) is 16.6. The van der Waals surface area contributed by atoms with E-state index in [0.717, 1.165) is 11.3 Å². The van der Waals surface area contributed by atoms with Crippen LogP contribution in [0.5, 0.6) is 5.75 Å². The molecular weight excluding hydrogens is 312 g/mol. The lowest BCUT2D eigenvalue weighted by atomic mass is 9.79. The van der Waals surface area contributed by atoms with Gasteiger partial charge in [-0.3, -0.25) is 4.79 Å². The van der Waals surface area contributed by atoms with Crippen LogP contribution < -0.4 is 10.1 Å². The molecule has 2 aliphatic heterocycles. The molecule has 2 aliphatic rings. The Balaban J connectivity index is 2.13. The molecule has 0 amide bonds. The van der Waals surface area contributed by atoms with E-state index in [1.165, 1.54) is 0 Å². The Morgan fingerprint density at radius 2 is 2.30 bits per heavy atom. The van der Waals surface area contributed by atoms with Gasteiger partial charge in [-0.15, -0.1) is 6.58 Å². The van der Waals surface area contributed by atoms with E-state index >= 15 is 0 Å². The lowest BCUT2D eigenvalue weighted by Gasteiger charge is -2.55. The van der Waals surface area contributed by atoms with Crippen molar-refractivity contribution in [2.75, 3.05) is 13.2 Å². The Kier molecular flexibility index (Phi) is 4.02. The van der Waals surface area contributed by atoms with Crippen LogP contribution in [0.4, 0.5) is 0 Å². The second-order valence-electron chi connectivity index (χ2n) is 5.75. The van der Waals surface area contributed by atoms with Crippen LogP contribution in [-0.2, 0) is 9.53 Å². The fraction of sp³-hybridized carbons (Fsp3) is 0.412. The molecule has 0 unspecified atom stereocenters. The van der Waals surface area contributed by atoms with Crippen LogP contribution in [0.15, 0.2) is 36.9 Å². The number of rotatable bonds is 4. The summed E-state index contributed by atoms with van der Waals surface area (Å²) in [5.41, 5.74) is 0.00514. The average molecular weight is 332 g/mol. The molecule has 0 radical (unpaired) electrons. The molecule has 2 bridgehead atoms. The summed E-state index contributed by atoms with van der Waals surface area (Å²) in [5.74, 6) is -0.0628. The van der Waals surface area contributed by atoms with Crippen LogP contribution in [0.3, 0.4) is 0 Å². The third-order valence-electron chi connectivity index (χ3n) is 4.39. The number of benzene rings is 1. The largest absolute Gasteiger partial charge is 0.467 e. The third kappa shape index (κ3) is 2.37. The summed E-state index contributed by atoms with van der Waals surface area (Å²) in [6.07, 6.45) is 1.74. The number of hydrogen-bond acceptors (Lipinski definition) is 4. The number of carbonyl (C=O) groups excluding carboxylic acids is 1. The normalized spacial score (nSPS) is 28.3. The minimum atomic E-state index is -0.915. The maximum absolute atomic E-state index is 12.6. The molecule has 1 fully saturated rings. The minimum absolute atomic E-state index is 0.266. The van der Waals surface area contributed by atoms with Gasteiger partial charge in [0.1, 0.15) is 11.7 Å². The highest BCUT2D eigenvalue weighted by molar-refractivity contribution is 7.80. The van der Waals surface area contributed by atoms with E-state index in [-0.39, 0.29) is 12.0 Å². The van der Waals surface area contributed by atoms with Crippen molar-refractivity contribution >= 4 is 23.3 Å². The molecule has 23 heavy (non-hydrogen) atoms. The molecule has 1 aromatic carbocycles. The first-order chi connectivity index (χ1) is 11.0. The summed E-state index contributed by atoms with van der Waals surface area (Å²) in [6, 6.07) is 7.43. The van der Waals surface area contributed by atoms with Crippen LogP contribution in [0, 0.1) is 5.92 Å². The molecule has 122 valence electrons. The molecule has 0 aromatic heterocycles. The topological polar surface area (TPSA) is 50.8 Å². The molecule has 2 heterocycles. The molecule has 6 heteroatoms. The van der Waals surface area contributed by atoms with Crippen molar-refractivity contribution in [1.29, 1.82) is 0 Å². The monoisotopic (exact) mass is 332 g/mol. The smallest absolute Gasteiger partial charge is 0.317 e. The molecular formula is C17H20N2O3S. The van der Waals surface area contributed by atoms with Crippen LogP contribution in [0.2, 0.25) is 0 Å². The second kappa shape index (κ2) is 5.85. The first-order valence-corrected chi connectivity index (χ1v) is 8.07. The molecule has 1 aromatic rings. The molecule has 0 aliphatic carbocycles. The number of para-hydroxylation sites is 1. The zero-order valence-corrected chi connectivity index (χ0v) is 14.1. The Morgan fingerprint density at radius 1 is 1.57 bits per heavy atom. The van der Waals surface area contributed by atoms with E-state index in [1.807, 2.05) is 36.1 Å². The van der Waals surface area contributed by atoms with Crippen LogP contribution in [-0.4, -0.2) is 34.9 Å². The minimum Gasteiger partial charge on any atom is -0.467 e. The summed E-state index contributed by atoms with van der Waals surface area (Å²) >= 11 is 5.49. The number of carbonyl (C=O) groups is 1. The number of thiocarbonyl (C=S) groups is 1. The van der Waals surface area contributed by atoms with Gasteiger partial charge in [-0.2, -0.15) is 0 Å². The molecule has 1 saturated heterocycles. The van der Waals surface area contributed by atoms with Gasteiger partial charge in [0, 0.05) is 12.1 Å². The van der Waals surface area contributed by atoms with Gasteiger partial charge in [-0.1, -0.05) is 24.3 Å². The molecule has 3 rings (SSSR count). The first kappa shape index (κ1) is 15.8. The van der Waals surface area contributed by atoms with Crippen molar-refractivity contribution in [3.8, 4) is 5.75 Å². The van der Waals surface area contributed by atoms with Gasteiger partial charge in [0.15, 0.2) is 10.8 Å². The average Bonchev–Trinajstić information content (AvgIpc) is 2.51. The predicted octanol–water partition coefficient (Wildman–Crippen LogP) is 2.39. The Hall–Kier alpha value is -2.08. The maximum atomic E-state index is 12.6. The highest BCUT2D eigenvalue weighted by Gasteiger charge is 2.58. The van der Waals surface area contributed by atoms with E-state index in [4.69, 9.17) is 21.7 Å². The van der Waals surface area contributed by atoms with Crippen molar-refractivity contribution in [1.82, 2.24) is 10.2 Å². The number of esters is 1. The van der Waals surface area contributed by atoms with E-state index < -0.39 is 11.6 Å². The lowest BCUT2D eigenvalue weighted by molar-refractivity contribution is -0.174. The molecule has 0 spiro atoms. The van der Waals surface area contributed by atoms with Crippen LogP contribution in [0.1, 0.15) is 25.5 Å². The van der Waals surface area contributed by atoms with Gasteiger partial charge in [-0.25, -0.2) is 0 Å². The quantitative estimate of drug-likeness (QED) is 0.519. The van der Waals surface area contributed by atoms with E-state index in [9.17, 15) is 4.79 Å². The zero-order valence-electron chi connectivity index (χ0n) is 13.2. The van der Waals surface area contributed by atoms with E-state index in [2.05, 4.69) is 11.9 Å². The highest BCUT2D eigenvalue weighted by atomic mass is 32.1. The Bertz CT molecular complexity index is 663.